The van der Waals surface area contributed by atoms with Crippen LogP contribution >= 0.6 is 0 Å². The van der Waals surface area contributed by atoms with Crippen molar-refractivity contribution in [1.82, 2.24) is 15.7 Å². The highest BCUT2D eigenvalue weighted by Gasteiger charge is 2.11. The summed E-state index contributed by atoms with van der Waals surface area (Å²) in [5.74, 6) is 0. The van der Waals surface area contributed by atoms with Crippen molar-refractivity contribution < 1.29 is 9.94 Å². The van der Waals surface area contributed by atoms with Crippen molar-refractivity contribution in [2.24, 2.45) is 0 Å². The zero-order valence-electron chi connectivity index (χ0n) is 6.69. The second-order valence-electron chi connectivity index (χ2n) is 2.41. The smallest absolute Gasteiger partial charge is 0.0703 e. The Hall–Kier alpha value is -0.780. The topological polar surface area (TPSA) is 48.0 Å². The van der Waals surface area contributed by atoms with Crippen molar-refractivity contribution in [3.05, 3.63) is 12.4 Å². The van der Waals surface area contributed by atoms with Crippen LogP contribution in [0.5, 0.6) is 0 Å². The molecule has 1 unspecified atom stereocenters. The highest BCUT2D eigenvalue weighted by atomic mass is 16.7. The summed E-state index contributed by atoms with van der Waals surface area (Å²) in [6, 6.07) is 0. The summed E-state index contributed by atoms with van der Waals surface area (Å²) < 4.78 is 0. The first-order valence-electron chi connectivity index (χ1n) is 3.45. The first kappa shape index (κ1) is 8.32. The number of nitrogens with zero attached hydrogens (tertiary/aromatic N) is 2. The second kappa shape index (κ2) is 3.56. The van der Waals surface area contributed by atoms with Crippen LogP contribution in [0.4, 0.5) is 0 Å². The molecule has 0 bridgehead atoms. The summed E-state index contributed by atoms with van der Waals surface area (Å²) in [5.41, 5.74) is 2.85. The quantitative estimate of drug-likeness (QED) is 0.578. The number of nitrogens with one attached hydrogen (secondary N) is 1. The van der Waals surface area contributed by atoms with Crippen molar-refractivity contribution in [2.75, 3.05) is 13.7 Å². The molecule has 1 rings (SSSR count). The molecule has 1 heterocycles. The maximum Gasteiger partial charge on any atom is 0.0703 e. The lowest BCUT2D eigenvalue weighted by Gasteiger charge is -2.21. The minimum atomic E-state index is -0.357. The van der Waals surface area contributed by atoms with E-state index in [0.29, 0.717) is 6.54 Å². The molecular weight excluding hydrogens is 146 g/mol. The normalized spacial score (nSPS) is 19.5. The molecule has 0 spiro atoms. The molecule has 0 radical (unpaired) electrons. The van der Waals surface area contributed by atoms with Gasteiger partial charge in [0.25, 0.3) is 0 Å². The van der Waals surface area contributed by atoms with Gasteiger partial charge < -0.3 is 5.11 Å². The number of hydrogen-bond donors (Lipinski definition) is 2. The molecule has 0 aliphatic carbocycles. The van der Waals surface area contributed by atoms with Crippen molar-refractivity contribution >= 4 is 0 Å². The number of aliphatic hydroxyl groups is 1. The summed E-state index contributed by atoms with van der Waals surface area (Å²) in [7, 11) is 1.56. The van der Waals surface area contributed by atoms with Gasteiger partial charge >= 0.3 is 0 Å². The van der Waals surface area contributed by atoms with Gasteiger partial charge in [-0.15, -0.1) is 5.53 Å². The average molecular weight is 159 g/mol. The van der Waals surface area contributed by atoms with Gasteiger partial charge in [0.15, 0.2) is 0 Å². The number of β-amino-alcohol motifs (C(OH)–C–C–N with tert-alkyl or cyclic N) is 1. The largest absolute Gasteiger partial charge is 0.392 e. The molecule has 2 N–H and O–H groups in total. The zero-order chi connectivity index (χ0) is 8.27. The Balaban J connectivity index is 2.26. The van der Waals surface area contributed by atoms with Crippen molar-refractivity contribution in [2.45, 2.75) is 13.0 Å². The Morgan fingerprint density at radius 1 is 1.64 bits per heavy atom. The molecular formula is C6H13N3O2. The zero-order valence-corrected chi connectivity index (χ0v) is 6.69. The molecule has 0 aromatic carbocycles. The minimum Gasteiger partial charge on any atom is -0.392 e. The van der Waals surface area contributed by atoms with E-state index in [4.69, 9.17) is 9.94 Å². The van der Waals surface area contributed by atoms with Gasteiger partial charge in [-0.25, -0.2) is 0 Å². The lowest BCUT2D eigenvalue weighted by atomic mass is 10.4. The molecule has 0 saturated carbocycles. The van der Waals surface area contributed by atoms with Gasteiger partial charge in [0.1, 0.15) is 0 Å². The lowest BCUT2D eigenvalue weighted by Crippen LogP contribution is -2.41. The van der Waals surface area contributed by atoms with Crippen molar-refractivity contribution in [3.8, 4) is 0 Å². The predicted octanol–water partition coefficient (Wildman–Crippen LogP) is -0.563. The number of aliphatic hydroxyl groups excluding tert-OH is 1. The Morgan fingerprint density at radius 2 is 2.36 bits per heavy atom. The molecule has 1 aliphatic rings. The Morgan fingerprint density at radius 3 is 2.82 bits per heavy atom. The fourth-order valence-corrected chi connectivity index (χ4v) is 0.822. The van der Waals surface area contributed by atoms with E-state index in [2.05, 4.69) is 5.53 Å². The number of rotatable bonds is 3. The SMILES string of the molecule is CON1C=CN(CC(C)O)N1. The summed E-state index contributed by atoms with van der Waals surface area (Å²) in [5, 5.41) is 12.2. The number of hydrogen-bond acceptors (Lipinski definition) is 5. The van der Waals surface area contributed by atoms with Gasteiger partial charge in [-0.3, -0.25) is 9.85 Å². The van der Waals surface area contributed by atoms with E-state index in [0.717, 1.165) is 0 Å². The van der Waals surface area contributed by atoms with Gasteiger partial charge in [0.2, 0.25) is 0 Å². The van der Waals surface area contributed by atoms with E-state index in [1.54, 1.807) is 31.4 Å². The highest BCUT2D eigenvalue weighted by Crippen LogP contribution is 2.00. The third-order valence-electron chi connectivity index (χ3n) is 1.27. The van der Waals surface area contributed by atoms with Gasteiger partial charge in [0, 0.05) is 6.20 Å². The fourth-order valence-electron chi connectivity index (χ4n) is 0.822. The molecule has 11 heavy (non-hydrogen) atoms. The van der Waals surface area contributed by atoms with Crippen LogP contribution in [0.2, 0.25) is 0 Å². The summed E-state index contributed by atoms with van der Waals surface area (Å²) in [6.07, 6.45) is 3.16. The van der Waals surface area contributed by atoms with Gasteiger partial charge in [-0.2, -0.15) is 5.17 Å². The lowest BCUT2D eigenvalue weighted by molar-refractivity contribution is -0.155. The van der Waals surface area contributed by atoms with Gasteiger partial charge in [0.05, 0.1) is 26.0 Å². The third kappa shape index (κ3) is 2.38. The van der Waals surface area contributed by atoms with Crippen LogP contribution in [0, 0.1) is 0 Å². The standard InChI is InChI=1S/C6H13N3O2/c1-6(10)5-8-3-4-9(7-8)11-2/h3-4,6-7,10H,5H2,1-2H3. The predicted molar refractivity (Wildman–Crippen MR) is 39.5 cm³/mol. The first-order valence-corrected chi connectivity index (χ1v) is 3.45. The summed E-state index contributed by atoms with van der Waals surface area (Å²) >= 11 is 0. The Labute approximate surface area is 65.7 Å². The van der Waals surface area contributed by atoms with E-state index >= 15 is 0 Å². The van der Waals surface area contributed by atoms with E-state index in [1.807, 2.05) is 0 Å². The average Bonchev–Trinajstić information content (AvgIpc) is 2.34. The Kier molecular flexibility index (Phi) is 2.70. The van der Waals surface area contributed by atoms with E-state index in [1.165, 1.54) is 5.17 Å². The van der Waals surface area contributed by atoms with E-state index < -0.39 is 0 Å². The first-order chi connectivity index (χ1) is 5.22. The fraction of sp³-hybridized carbons (Fsp3) is 0.667. The molecule has 0 fully saturated rings. The van der Waals surface area contributed by atoms with Crippen LogP contribution < -0.4 is 5.53 Å². The molecule has 5 heteroatoms. The molecule has 0 aromatic rings. The van der Waals surface area contributed by atoms with E-state index in [9.17, 15) is 0 Å². The third-order valence-corrected chi connectivity index (χ3v) is 1.27. The van der Waals surface area contributed by atoms with Crippen molar-refractivity contribution in [1.29, 1.82) is 0 Å². The maximum atomic E-state index is 9.00. The van der Waals surface area contributed by atoms with Crippen LogP contribution in [0.15, 0.2) is 12.4 Å². The number of hydroxylamine groups is 1. The molecule has 0 saturated heterocycles. The van der Waals surface area contributed by atoms with E-state index in [-0.39, 0.29) is 6.10 Å². The summed E-state index contributed by atoms with van der Waals surface area (Å²) in [4.78, 5) is 4.84. The van der Waals surface area contributed by atoms with Crippen LogP contribution in [-0.4, -0.2) is 35.0 Å². The van der Waals surface area contributed by atoms with Crippen LogP contribution in [-0.2, 0) is 4.84 Å². The monoisotopic (exact) mass is 159 g/mol. The molecule has 64 valence electrons. The molecule has 1 aliphatic heterocycles. The summed E-state index contributed by atoms with van der Waals surface area (Å²) in [6.45, 7) is 2.27. The van der Waals surface area contributed by atoms with Crippen molar-refractivity contribution in [3.63, 3.8) is 0 Å². The van der Waals surface area contributed by atoms with Crippen LogP contribution in [0.3, 0.4) is 0 Å². The molecule has 0 aromatic heterocycles. The minimum absolute atomic E-state index is 0.357. The number of hydrazine groups is 2. The molecule has 0 amide bonds. The Bertz CT molecular complexity index is 149. The molecule has 1 atom stereocenters. The van der Waals surface area contributed by atoms with Crippen LogP contribution in [0.1, 0.15) is 6.92 Å². The maximum absolute atomic E-state index is 9.00. The van der Waals surface area contributed by atoms with Crippen LogP contribution in [0.25, 0.3) is 0 Å². The second-order valence-corrected chi connectivity index (χ2v) is 2.41. The molecule has 5 nitrogen and oxygen atoms in total. The van der Waals surface area contributed by atoms with Gasteiger partial charge in [-0.1, -0.05) is 0 Å². The highest BCUT2D eigenvalue weighted by molar-refractivity contribution is 4.82. The van der Waals surface area contributed by atoms with Gasteiger partial charge in [-0.05, 0) is 6.92 Å².